The zero-order valence-corrected chi connectivity index (χ0v) is 15.9. The number of aliphatic imine (C=N–C) groups is 1. The molecule has 4 nitrogen and oxygen atoms in total. The van der Waals surface area contributed by atoms with E-state index in [4.69, 9.17) is 5.73 Å². The molecule has 0 aromatic carbocycles. The largest absolute Gasteiger partial charge is 0.370 e. The van der Waals surface area contributed by atoms with Gasteiger partial charge in [0.25, 0.3) is 0 Å². The number of rotatable bonds is 5. The predicted molar refractivity (Wildman–Crippen MR) is 101 cm³/mol. The summed E-state index contributed by atoms with van der Waals surface area (Å²) >= 11 is 0. The molecule has 0 amide bonds. The molecule has 1 aliphatic heterocycles. The van der Waals surface area contributed by atoms with E-state index in [-0.39, 0.29) is 24.0 Å². The first-order valence-corrected chi connectivity index (χ1v) is 8.56. The van der Waals surface area contributed by atoms with Crippen molar-refractivity contribution in [1.29, 1.82) is 0 Å². The summed E-state index contributed by atoms with van der Waals surface area (Å²) in [6, 6.07) is 1.20. The molecule has 1 unspecified atom stereocenters. The van der Waals surface area contributed by atoms with Crippen LogP contribution in [0.15, 0.2) is 4.99 Å². The van der Waals surface area contributed by atoms with Crippen LogP contribution in [0.2, 0.25) is 0 Å². The third-order valence-corrected chi connectivity index (χ3v) is 4.80. The minimum absolute atomic E-state index is 0. The fourth-order valence-electron chi connectivity index (χ4n) is 3.42. The second-order valence-corrected chi connectivity index (χ2v) is 6.48. The summed E-state index contributed by atoms with van der Waals surface area (Å²) in [5, 5.41) is 3.39. The van der Waals surface area contributed by atoms with E-state index in [1.165, 1.54) is 64.5 Å². The Balaban J connectivity index is 0.00000220. The van der Waals surface area contributed by atoms with Crippen molar-refractivity contribution in [2.24, 2.45) is 10.7 Å². The van der Waals surface area contributed by atoms with Crippen molar-refractivity contribution in [1.82, 2.24) is 10.2 Å². The summed E-state index contributed by atoms with van der Waals surface area (Å²) in [5.41, 5.74) is 5.99. The molecule has 2 aliphatic rings. The van der Waals surface area contributed by atoms with Crippen LogP contribution in [0.25, 0.3) is 0 Å². The highest BCUT2D eigenvalue weighted by Gasteiger charge is 2.16. The van der Waals surface area contributed by atoms with E-state index in [1.54, 1.807) is 0 Å². The van der Waals surface area contributed by atoms with Gasteiger partial charge in [-0.15, -0.1) is 24.0 Å². The average Bonchev–Trinajstić information content (AvgIpc) is 2.49. The molecule has 1 aliphatic carbocycles. The minimum Gasteiger partial charge on any atom is -0.370 e. The molecule has 0 aromatic heterocycles. The summed E-state index contributed by atoms with van der Waals surface area (Å²) in [6.07, 6.45) is 11.8. The molecule has 1 saturated heterocycles. The quantitative estimate of drug-likeness (QED) is 0.418. The molecule has 0 aromatic rings. The number of nitrogens with two attached hydrogens (primary N) is 1. The Morgan fingerprint density at radius 3 is 2.43 bits per heavy atom. The van der Waals surface area contributed by atoms with Crippen LogP contribution in [0, 0.1) is 0 Å². The molecular formula is C16H33IN4. The van der Waals surface area contributed by atoms with E-state index in [0.29, 0.717) is 18.0 Å². The van der Waals surface area contributed by atoms with Gasteiger partial charge in [-0.3, -0.25) is 4.99 Å². The maximum absolute atomic E-state index is 5.99. The molecule has 1 saturated carbocycles. The number of nitrogens with zero attached hydrogens (tertiary/aromatic N) is 2. The van der Waals surface area contributed by atoms with Gasteiger partial charge in [-0.05, 0) is 52.1 Å². The van der Waals surface area contributed by atoms with E-state index >= 15 is 0 Å². The Hall–Kier alpha value is -0.0400. The monoisotopic (exact) mass is 408 g/mol. The van der Waals surface area contributed by atoms with Gasteiger partial charge in [0.2, 0.25) is 0 Å². The van der Waals surface area contributed by atoms with E-state index in [0.717, 1.165) is 13.0 Å². The molecule has 1 atom stereocenters. The molecule has 1 heterocycles. The zero-order valence-electron chi connectivity index (χ0n) is 13.5. The smallest absolute Gasteiger partial charge is 0.188 e. The maximum Gasteiger partial charge on any atom is 0.188 e. The lowest BCUT2D eigenvalue weighted by atomic mass is 9.96. The Bertz CT molecular complexity index is 297. The van der Waals surface area contributed by atoms with Gasteiger partial charge in [0.05, 0.1) is 0 Å². The second-order valence-electron chi connectivity index (χ2n) is 6.48. The number of piperidine rings is 1. The minimum atomic E-state index is 0. The van der Waals surface area contributed by atoms with Crippen LogP contribution in [-0.4, -0.2) is 42.6 Å². The van der Waals surface area contributed by atoms with Crippen LogP contribution in [-0.2, 0) is 0 Å². The number of hydrogen-bond donors (Lipinski definition) is 2. The van der Waals surface area contributed by atoms with Crippen LogP contribution in [0.4, 0.5) is 0 Å². The number of nitrogens with one attached hydrogen (secondary N) is 1. The normalized spacial score (nSPS) is 23.4. The highest BCUT2D eigenvalue weighted by atomic mass is 127. The molecule has 0 bridgehead atoms. The Kier molecular flexibility index (Phi) is 9.64. The van der Waals surface area contributed by atoms with E-state index in [1.807, 2.05) is 0 Å². The van der Waals surface area contributed by atoms with Gasteiger partial charge in [0, 0.05) is 18.6 Å². The number of hydrogen-bond acceptors (Lipinski definition) is 2. The van der Waals surface area contributed by atoms with Crippen molar-refractivity contribution in [3.63, 3.8) is 0 Å². The average molecular weight is 408 g/mol. The Morgan fingerprint density at radius 1 is 1.14 bits per heavy atom. The van der Waals surface area contributed by atoms with Crippen LogP contribution >= 0.6 is 24.0 Å². The molecule has 2 rings (SSSR count). The molecule has 0 spiro atoms. The van der Waals surface area contributed by atoms with Crippen molar-refractivity contribution in [2.75, 3.05) is 19.6 Å². The van der Waals surface area contributed by atoms with Crippen LogP contribution in [0.1, 0.15) is 64.7 Å². The first-order chi connectivity index (χ1) is 9.75. The molecule has 5 heteroatoms. The number of halogens is 1. The van der Waals surface area contributed by atoms with Crippen molar-refractivity contribution in [2.45, 2.75) is 76.8 Å². The summed E-state index contributed by atoms with van der Waals surface area (Å²) in [5.74, 6) is 0.655. The topological polar surface area (TPSA) is 53.6 Å². The number of guanidine groups is 1. The standard InChI is InChI=1S/C16H32N4.HI/c1-14(20-12-6-3-7-13-20)10-11-18-16(17)19-15-8-4-2-5-9-15;/h14-15H,2-13H2,1H3,(H3,17,18,19);1H. The third kappa shape index (κ3) is 7.17. The lowest BCUT2D eigenvalue weighted by molar-refractivity contribution is 0.168. The zero-order chi connectivity index (χ0) is 14.2. The van der Waals surface area contributed by atoms with Crippen molar-refractivity contribution in [3.8, 4) is 0 Å². The Morgan fingerprint density at radius 2 is 1.76 bits per heavy atom. The molecule has 124 valence electrons. The van der Waals surface area contributed by atoms with Gasteiger partial charge in [-0.1, -0.05) is 25.7 Å². The van der Waals surface area contributed by atoms with Gasteiger partial charge in [0.1, 0.15) is 0 Å². The van der Waals surface area contributed by atoms with Gasteiger partial charge in [-0.25, -0.2) is 0 Å². The van der Waals surface area contributed by atoms with E-state index in [9.17, 15) is 0 Å². The molecule has 3 N–H and O–H groups in total. The first-order valence-electron chi connectivity index (χ1n) is 8.56. The lowest BCUT2D eigenvalue weighted by Crippen LogP contribution is -2.41. The second kappa shape index (κ2) is 10.6. The highest BCUT2D eigenvalue weighted by molar-refractivity contribution is 14.0. The summed E-state index contributed by atoms with van der Waals surface area (Å²) in [4.78, 5) is 7.11. The van der Waals surface area contributed by atoms with Crippen molar-refractivity contribution >= 4 is 29.9 Å². The summed E-state index contributed by atoms with van der Waals surface area (Å²) < 4.78 is 0. The van der Waals surface area contributed by atoms with Crippen LogP contribution < -0.4 is 11.1 Å². The van der Waals surface area contributed by atoms with Gasteiger partial charge < -0.3 is 16.0 Å². The van der Waals surface area contributed by atoms with Gasteiger partial charge >= 0.3 is 0 Å². The molecule has 21 heavy (non-hydrogen) atoms. The highest BCUT2D eigenvalue weighted by Crippen LogP contribution is 2.17. The third-order valence-electron chi connectivity index (χ3n) is 4.80. The fraction of sp³-hybridized carbons (Fsp3) is 0.938. The van der Waals surface area contributed by atoms with Crippen molar-refractivity contribution < 1.29 is 0 Å². The summed E-state index contributed by atoms with van der Waals surface area (Å²) in [7, 11) is 0. The lowest BCUT2D eigenvalue weighted by Gasteiger charge is -2.32. The van der Waals surface area contributed by atoms with Crippen molar-refractivity contribution in [3.05, 3.63) is 0 Å². The first kappa shape index (κ1) is 19.0. The SMILES string of the molecule is CC(CCN=C(N)NC1CCCCC1)N1CCCCC1.I. The predicted octanol–water partition coefficient (Wildman–Crippen LogP) is 3.11. The fourth-order valence-corrected chi connectivity index (χ4v) is 3.42. The van der Waals surface area contributed by atoms with Crippen LogP contribution in [0.5, 0.6) is 0 Å². The maximum atomic E-state index is 5.99. The Labute approximate surface area is 147 Å². The molecule has 2 fully saturated rings. The number of likely N-dealkylation sites (tertiary alicyclic amines) is 1. The van der Waals surface area contributed by atoms with Gasteiger partial charge in [0.15, 0.2) is 5.96 Å². The van der Waals surface area contributed by atoms with E-state index in [2.05, 4.69) is 22.1 Å². The molecular weight excluding hydrogens is 375 g/mol. The van der Waals surface area contributed by atoms with E-state index < -0.39 is 0 Å². The summed E-state index contributed by atoms with van der Waals surface area (Å²) in [6.45, 7) is 5.70. The van der Waals surface area contributed by atoms with Crippen LogP contribution in [0.3, 0.4) is 0 Å². The van der Waals surface area contributed by atoms with Gasteiger partial charge in [-0.2, -0.15) is 0 Å². The molecule has 0 radical (unpaired) electrons.